The lowest BCUT2D eigenvalue weighted by Crippen LogP contribution is -2.12. The van der Waals surface area contributed by atoms with E-state index in [1.165, 1.54) is 5.56 Å². The Balaban J connectivity index is 2.01. The average Bonchev–Trinajstić information content (AvgIpc) is 2.81. The summed E-state index contributed by atoms with van der Waals surface area (Å²) in [6, 6.07) is 10.2. The highest BCUT2D eigenvalue weighted by atomic mass is 16.5. The largest absolute Gasteiger partial charge is 0.487 e. The fourth-order valence-corrected chi connectivity index (χ4v) is 1.68. The van der Waals surface area contributed by atoms with Gasteiger partial charge in [0.1, 0.15) is 23.8 Å². The second-order valence-electron chi connectivity index (χ2n) is 4.30. The molecule has 0 aliphatic carbocycles. The zero-order chi connectivity index (χ0) is 13.0. The molecule has 0 fully saturated rings. The Morgan fingerprint density at radius 1 is 1.39 bits per heavy atom. The molecule has 4 heteroatoms. The van der Waals surface area contributed by atoms with Crippen molar-refractivity contribution in [1.82, 2.24) is 10.5 Å². The van der Waals surface area contributed by atoms with Gasteiger partial charge >= 0.3 is 0 Å². The molecule has 0 saturated heterocycles. The Bertz CT molecular complexity index is 508. The smallest absolute Gasteiger partial charge is 0.134 e. The van der Waals surface area contributed by atoms with E-state index in [4.69, 9.17) is 9.26 Å². The Hall–Kier alpha value is -1.81. The predicted molar refractivity (Wildman–Crippen MR) is 69.5 cm³/mol. The highest BCUT2D eigenvalue weighted by Crippen LogP contribution is 2.19. The molecular weight excluding hydrogens is 228 g/mol. The van der Waals surface area contributed by atoms with Crippen LogP contribution in [-0.4, -0.2) is 12.2 Å². The summed E-state index contributed by atoms with van der Waals surface area (Å²) >= 11 is 0. The third kappa shape index (κ3) is 3.11. The van der Waals surface area contributed by atoms with Crippen LogP contribution in [0, 0.1) is 6.92 Å². The van der Waals surface area contributed by atoms with Crippen molar-refractivity contribution in [1.29, 1.82) is 0 Å². The predicted octanol–water partition coefficient (Wildman–Crippen LogP) is 2.84. The first-order valence-electron chi connectivity index (χ1n) is 6.01. The minimum atomic E-state index is 0.308. The Morgan fingerprint density at radius 3 is 2.89 bits per heavy atom. The summed E-state index contributed by atoms with van der Waals surface area (Å²) in [5, 5.41) is 7.09. The van der Waals surface area contributed by atoms with Crippen molar-refractivity contribution < 1.29 is 9.26 Å². The number of hydrogen-bond donors (Lipinski definition) is 1. The van der Waals surface area contributed by atoms with Crippen LogP contribution in [0.25, 0.3) is 0 Å². The molecular formula is C14H18N2O2. The Labute approximate surface area is 107 Å². The second kappa shape index (κ2) is 5.69. The number of aromatic nitrogens is 1. The van der Waals surface area contributed by atoms with Crippen molar-refractivity contribution in [3.63, 3.8) is 0 Å². The maximum absolute atomic E-state index is 5.69. The molecule has 0 bridgehead atoms. The van der Waals surface area contributed by atoms with Gasteiger partial charge in [0.25, 0.3) is 0 Å². The van der Waals surface area contributed by atoms with Gasteiger partial charge in [-0.3, -0.25) is 0 Å². The lowest BCUT2D eigenvalue weighted by Gasteiger charge is -2.12. The van der Waals surface area contributed by atoms with Crippen LogP contribution in [0.4, 0.5) is 0 Å². The normalized spacial score (nSPS) is 12.4. The molecule has 0 radical (unpaired) electrons. The first-order chi connectivity index (χ1) is 8.69. The summed E-state index contributed by atoms with van der Waals surface area (Å²) in [5.41, 5.74) is 2.01. The summed E-state index contributed by atoms with van der Waals surface area (Å²) < 4.78 is 10.7. The number of ether oxygens (including phenoxy) is 1. The van der Waals surface area contributed by atoms with Gasteiger partial charge in [0.2, 0.25) is 0 Å². The van der Waals surface area contributed by atoms with E-state index in [9.17, 15) is 0 Å². The summed E-state index contributed by atoms with van der Waals surface area (Å²) in [4.78, 5) is 0. The molecule has 18 heavy (non-hydrogen) atoms. The molecule has 4 nitrogen and oxygen atoms in total. The Morgan fingerprint density at radius 2 is 2.22 bits per heavy atom. The fourth-order valence-electron chi connectivity index (χ4n) is 1.68. The van der Waals surface area contributed by atoms with Gasteiger partial charge in [-0.25, -0.2) is 0 Å². The van der Waals surface area contributed by atoms with Gasteiger partial charge in [0.05, 0.1) is 0 Å². The fraction of sp³-hybridized carbons (Fsp3) is 0.357. The highest BCUT2D eigenvalue weighted by Gasteiger charge is 2.05. The lowest BCUT2D eigenvalue weighted by atomic mass is 10.1. The molecule has 1 aromatic heterocycles. The number of benzene rings is 1. The Kier molecular flexibility index (Phi) is 3.99. The van der Waals surface area contributed by atoms with Crippen molar-refractivity contribution in [3.05, 3.63) is 47.3 Å². The molecule has 1 unspecified atom stereocenters. The lowest BCUT2D eigenvalue weighted by molar-refractivity contribution is 0.287. The molecule has 1 N–H and O–H groups in total. The molecule has 1 heterocycles. The standard InChI is InChI=1S/C14H18N2O2/c1-10-7-13(16-18-10)9-17-14-6-4-5-12(8-14)11(2)15-3/h4-8,11,15H,9H2,1-3H3. The van der Waals surface area contributed by atoms with E-state index in [1.54, 1.807) is 0 Å². The molecule has 1 aromatic carbocycles. The van der Waals surface area contributed by atoms with Crippen molar-refractivity contribution in [2.24, 2.45) is 0 Å². The molecule has 0 saturated carbocycles. The number of nitrogens with zero attached hydrogens (tertiary/aromatic N) is 1. The quantitative estimate of drug-likeness (QED) is 0.881. The zero-order valence-corrected chi connectivity index (χ0v) is 10.9. The maximum Gasteiger partial charge on any atom is 0.134 e. The molecule has 1 atom stereocenters. The number of hydrogen-bond acceptors (Lipinski definition) is 4. The molecule has 2 rings (SSSR count). The van der Waals surface area contributed by atoms with Gasteiger partial charge in [0.15, 0.2) is 0 Å². The molecule has 0 aliphatic rings. The van der Waals surface area contributed by atoms with E-state index < -0.39 is 0 Å². The third-order valence-electron chi connectivity index (χ3n) is 2.85. The van der Waals surface area contributed by atoms with Crippen molar-refractivity contribution in [2.45, 2.75) is 26.5 Å². The molecule has 0 spiro atoms. The minimum Gasteiger partial charge on any atom is -0.487 e. The van der Waals surface area contributed by atoms with Crippen LogP contribution in [-0.2, 0) is 6.61 Å². The van der Waals surface area contributed by atoms with E-state index in [0.29, 0.717) is 12.6 Å². The molecule has 0 aliphatic heterocycles. The van der Waals surface area contributed by atoms with Crippen LogP contribution in [0.3, 0.4) is 0 Å². The van der Waals surface area contributed by atoms with Crippen LogP contribution in [0.2, 0.25) is 0 Å². The minimum absolute atomic E-state index is 0.308. The highest BCUT2D eigenvalue weighted by molar-refractivity contribution is 5.30. The third-order valence-corrected chi connectivity index (χ3v) is 2.85. The van der Waals surface area contributed by atoms with E-state index in [-0.39, 0.29) is 0 Å². The second-order valence-corrected chi connectivity index (χ2v) is 4.30. The van der Waals surface area contributed by atoms with Gasteiger partial charge in [-0.2, -0.15) is 0 Å². The van der Waals surface area contributed by atoms with Crippen molar-refractivity contribution in [3.8, 4) is 5.75 Å². The first kappa shape index (κ1) is 12.6. The summed E-state index contributed by atoms with van der Waals surface area (Å²) in [6.45, 7) is 4.40. The van der Waals surface area contributed by atoms with Gasteiger partial charge in [-0.05, 0) is 38.6 Å². The molecule has 0 amide bonds. The summed E-state index contributed by atoms with van der Waals surface area (Å²) in [7, 11) is 1.94. The number of nitrogens with one attached hydrogen (secondary N) is 1. The van der Waals surface area contributed by atoms with Crippen LogP contribution < -0.4 is 10.1 Å². The van der Waals surface area contributed by atoms with Crippen LogP contribution in [0.15, 0.2) is 34.9 Å². The maximum atomic E-state index is 5.69. The van der Waals surface area contributed by atoms with Gasteiger partial charge in [-0.1, -0.05) is 17.3 Å². The monoisotopic (exact) mass is 246 g/mol. The van der Waals surface area contributed by atoms with Gasteiger partial charge < -0.3 is 14.6 Å². The van der Waals surface area contributed by atoms with E-state index in [1.807, 2.05) is 38.2 Å². The summed E-state index contributed by atoms with van der Waals surface area (Å²) in [6.07, 6.45) is 0. The van der Waals surface area contributed by atoms with Crippen LogP contribution >= 0.6 is 0 Å². The topological polar surface area (TPSA) is 47.3 Å². The number of aryl methyl sites for hydroxylation is 1. The zero-order valence-electron chi connectivity index (χ0n) is 10.9. The SMILES string of the molecule is CNC(C)c1cccc(OCc2cc(C)on2)c1. The first-order valence-corrected chi connectivity index (χ1v) is 6.01. The van der Waals surface area contributed by atoms with Gasteiger partial charge in [0, 0.05) is 12.1 Å². The van der Waals surface area contributed by atoms with Gasteiger partial charge in [-0.15, -0.1) is 0 Å². The molecule has 2 aromatic rings. The van der Waals surface area contributed by atoms with Crippen LogP contribution in [0.1, 0.15) is 30.0 Å². The van der Waals surface area contributed by atoms with Crippen molar-refractivity contribution >= 4 is 0 Å². The van der Waals surface area contributed by atoms with E-state index in [2.05, 4.69) is 23.5 Å². The van der Waals surface area contributed by atoms with Crippen molar-refractivity contribution in [2.75, 3.05) is 7.05 Å². The van der Waals surface area contributed by atoms with E-state index in [0.717, 1.165) is 17.2 Å². The average molecular weight is 246 g/mol. The summed E-state index contributed by atoms with van der Waals surface area (Å²) in [5.74, 6) is 1.64. The van der Waals surface area contributed by atoms with E-state index >= 15 is 0 Å². The number of rotatable bonds is 5. The molecule has 96 valence electrons. The van der Waals surface area contributed by atoms with Crippen LogP contribution in [0.5, 0.6) is 5.75 Å².